The van der Waals surface area contributed by atoms with Gasteiger partial charge < -0.3 is 0 Å². The number of anilines is 1. The molecule has 1 aromatic carbocycles. The van der Waals surface area contributed by atoms with Gasteiger partial charge in [-0.25, -0.2) is 4.90 Å². The Morgan fingerprint density at radius 2 is 1.52 bits per heavy atom. The Bertz CT molecular complexity index is 653. The summed E-state index contributed by atoms with van der Waals surface area (Å²) < 4.78 is 0. The Labute approximate surface area is 132 Å². The van der Waals surface area contributed by atoms with Crippen LogP contribution < -0.4 is 4.90 Å². The number of carbonyl (C=O) groups is 2. The second kappa shape index (κ2) is 4.59. The smallest absolute Gasteiger partial charge is 0.238 e. The molecular formula is C16H13Cl2NO2. The van der Waals surface area contributed by atoms with Crippen molar-refractivity contribution < 1.29 is 9.59 Å². The van der Waals surface area contributed by atoms with E-state index in [-0.39, 0.29) is 35.5 Å². The lowest BCUT2D eigenvalue weighted by molar-refractivity contribution is -0.124. The van der Waals surface area contributed by atoms with Crippen molar-refractivity contribution in [3.8, 4) is 0 Å². The molecule has 0 spiro atoms. The van der Waals surface area contributed by atoms with Crippen LogP contribution in [0.5, 0.6) is 0 Å². The number of fused-ring (bicyclic) bond motifs is 1. The second-order valence-corrected chi connectivity index (χ2v) is 6.79. The minimum atomic E-state index is -0.226. The summed E-state index contributed by atoms with van der Waals surface area (Å²) in [6, 6.07) is 4.86. The van der Waals surface area contributed by atoms with Crippen molar-refractivity contribution in [2.45, 2.75) is 12.8 Å². The average Bonchev–Trinajstić information content (AvgIpc) is 2.77. The van der Waals surface area contributed by atoms with Gasteiger partial charge in [0.25, 0.3) is 0 Å². The van der Waals surface area contributed by atoms with E-state index in [1.54, 1.807) is 18.2 Å². The Kier molecular flexibility index (Phi) is 2.92. The van der Waals surface area contributed by atoms with E-state index >= 15 is 0 Å². The lowest BCUT2D eigenvalue weighted by atomic mass is 9.63. The normalized spacial score (nSPS) is 33.7. The summed E-state index contributed by atoms with van der Waals surface area (Å²) in [6.45, 7) is 0. The van der Waals surface area contributed by atoms with Gasteiger partial charge in [-0.1, -0.05) is 35.4 Å². The Balaban J connectivity index is 1.80. The lowest BCUT2D eigenvalue weighted by Crippen LogP contribution is -2.38. The molecule has 1 heterocycles. The molecule has 1 saturated carbocycles. The maximum absolute atomic E-state index is 12.8. The molecule has 0 radical (unpaired) electrons. The molecule has 21 heavy (non-hydrogen) atoms. The van der Waals surface area contributed by atoms with E-state index in [0.717, 1.165) is 12.8 Å². The van der Waals surface area contributed by atoms with Gasteiger partial charge in [-0.3, -0.25) is 9.59 Å². The fraction of sp³-hybridized carbons (Fsp3) is 0.375. The van der Waals surface area contributed by atoms with Crippen LogP contribution in [-0.2, 0) is 9.59 Å². The van der Waals surface area contributed by atoms with Crippen molar-refractivity contribution in [3.63, 3.8) is 0 Å². The number of hydrogen-bond acceptors (Lipinski definition) is 2. The molecule has 5 rings (SSSR count). The molecular weight excluding hydrogens is 309 g/mol. The standard InChI is InChI=1S/C16H13Cl2NO2/c17-10-5-6-11(18)12(7-10)19-15(20)13-8-1-2-9(4-3-8)14(13)16(19)21/h1-2,5-9,13-14H,3-4H2/t8-,9+,13-,14-/m0/s1. The Morgan fingerprint density at radius 1 is 0.952 bits per heavy atom. The van der Waals surface area contributed by atoms with Gasteiger partial charge in [0.05, 0.1) is 22.5 Å². The van der Waals surface area contributed by atoms with Crippen LogP contribution in [-0.4, -0.2) is 11.8 Å². The zero-order chi connectivity index (χ0) is 14.7. The maximum Gasteiger partial charge on any atom is 0.238 e. The van der Waals surface area contributed by atoms with Gasteiger partial charge in [0.15, 0.2) is 0 Å². The molecule has 4 atom stereocenters. The molecule has 1 aliphatic heterocycles. The molecule has 0 unspecified atom stereocenters. The fourth-order valence-electron chi connectivity index (χ4n) is 3.97. The van der Waals surface area contributed by atoms with Gasteiger partial charge in [0, 0.05) is 5.02 Å². The molecule has 5 heteroatoms. The molecule has 0 aromatic heterocycles. The highest BCUT2D eigenvalue weighted by atomic mass is 35.5. The average molecular weight is 322 g/mol. The summed E-state index contributed by atoms with van der Waals surface area (Å²) in [5.74, 6) is -0.354. The number of halogens is 2. The van der Waals surface area contributed by atoms with Gasteiger partial charge in [-0.2, -0.15) is 0 Å². The number of allylic oxidation sites excluding steroid dienone is 2. The predicted molar refractivity (Wildman–Crippen MR) is 81.3 cm³/mol. The van der Waals surface area contributed by atoms with Crippen LogP contribution in [0.1, 0.15) is 12.8 Å². The monoisotopic (exact) mass is 321 g/mol. The molecule has 2 amide bonds. The first-order valence-corrected chi connectivity index (χ1v) is 7.84. The van der Waals surface area contributed by atoms with E-state index in [2.05, 4.69) is 12.2 Å². The summed E-state index contributed by atoms with van der Waals surface area (Å²) in [7, 11) is 0. The van der Waals surface area contributed by atoms with Crippen molar-refractivity contribution in [1.82, 2.24) is 0 Å². The number of hydrogen-bond donors (Lipinski definition) is 0. The van der Waals surface area contributed by atoms with Crippen LogP contribution >= 0.6 is 23.2 Å². The number of benzene rings is 1. The summed E-state index contributed by atoms with van der Waals surface area (Å²) in [4.78, 5) is 26.8. The first kappa shape index (κ1) is 13.4. The van der Waals surface area contributed by atoms with Crippen LogP contribution in [0.15, 0.2) is 30.4 Å². The van der Waals surface area contributed by atoms with Crippen LogP contribution in [0.25, 0.3) is 0 Å². The largest absolute Gasteiger partial charge is 0.274 e. The summed E-state index contributed by atoms with van der Waals surface area (Å²) in [6.07, 6.45) is 6.17. The maximum atomic E-state index is 12.8. The van der Waals surface area contributed by atoms with Crippen LogP contribution in [0.4, 0.5) is 5.69 Å². The van der Waals surface area contributed by atoms with Gasteiger partial charge in [0.1, 0.15) is 0 Å². The lowest BCUT2D eigenvalue weighted by Gasteiger charge is -2.38. The number of rotatable bonds is 1. The van der Waals surface area contributed by atoms with Crippen LogP contribution in [0, 0.1) is 23.7 Å². The van der Waals surface area contributed by atoms with Gasteiger partial charge in [0.2, 0.25) is 11.8 Å². The predicted octanol–water partition coefficient (Wildman–Crippen LogP) is 3.70. The van der Waals surface area contributed by atoms with Gasteiger partial charge in [-0.05, 0) is 42.9 Å². The van der Waals surface area contributed by atoms with Crippen molar-refractivity contribution in [2.75, 3.05) is 4.90 Å². The number of nitrogens with zero attached hydrogens (tertiary/aromatic N) is 1. The summed E-state index contributed by atoms with van der Waals surface area (Å²) >= 11 is 12.2. The van der Waals surface area contributed by atoms with Crippen LogP contribution in [0.3, 0.4) is 0 Å². The van der Waals surface area contributed by atoms with E-state index in [4.69, 9.17) is 23.2 Å². The molecule has 3 aliphatic carbocycles. The molecule has 4 aliphatic rings. The highest BCUT2D eigenvalue weighted by Crippen LogP contribution is 2.51. The Hall–Kier alpha value is -1.32. The molecule has 1 aromatic rings. The third kappa shape index (κ3) is 1.80. The quantitative estimate of drug-likeness (QED) is 0.584. The van der Waals surface area contributed by atoms with E-state index in [1.807, 2.05) is 0 Å². The molecule has 2 fully saturated rings. The van der Waals surface area contributed by atoms with Gasteiger partial charge >= 0.3 is 0 Å². The summed E-state index contributed by atoms with van der Waals surface area (Å²) in [5.41, 5.74) is 0.410. The van der Waals surface area contributed by atoms with Crippen molar-refractivity contribution in [2.24, 2.45) is 23.7 Å². The topological polar surface area (TPSA) is 37.4 Å². The van der Waals surface area contributed by atoms with Crippen molar-refractivity contribution >= 4 is 40.7 Å². The number of amides is 2. The molecule has 108 valence electrons. The first-order chi connectivity index (χ1) is 10.1. The van der Waals surface area contributed by atoms with Crippen molar-refractivity contribution in [1.29, 1.82) is 0 Å². The summed E-state index contributed by atoms with van der Waals surface area (Å²) in [5, 5.41) is 0.839. The van der Waals surface area contributed by atoms with E-state index in [9.17, 15) is 9.59 Å². The van der Waals surface area contributed by atoms with E-state index in [1.165, 1.54) is 4.90 Å². The fourth-order valence-corrected chi connectivity index (χ4v) is 4.34. The SMILES string of the molecule is O=C1[C@@H]2[C@@H](C(=O)N1c1cc(Cl)ccc1Cl)[C@H]1C=C[C@@H]2CC1. The zero-order valence-electron chi connectivity index (χ0n) is 11.1. The number of imide groups is 1. The third-order valence-electron chi connectivity index (χ3n) is 4.91. The molecule has 0 N–H and O–H groups in total. The van der Waals surface area contributed by atoms with Gasteiger partial charge in [-0.15, -0.1) is 0 Å². The molecule has 3 nitrogen and oxygen atoms in total. The third-order valence-corrected chi connectivity index (χ3v) is 5.46. The number of carbonyl (C=O) groups excluding carboxylic acids is 2. The van der Waals surface area contributed by atoms with E-state index in [0.29, 0.717) is 15.7 Å². The second-order valence-electron chi connectivity index (χ2n) is 5.95. The zero-order valence-corrected chi connectivity index (χ0v) is 12.6. The highest BCUT2D eigenvalue weighted by Gasteiger charge is 2.57. The first-order valence-electron chi connectivity index (χ1n) is 7.09. The highest BCUT2D eigenvalue weighted by molar-refractivity contribution is 6.37. The van der Waals surface area contributed by atoms with Crippen LogP contribution in [0.2, 0.25) is 10.0 Å². The molecule has 2 bridgehead atoms. The molecule has 1 saturated heterocycles. The van der Waals surface area contributed by atoms with Crippen molar-refractivity contribution in [3.05, 3.63) is 40.4 Å². The minimum Gasteiger partial charge on any atom is -0.274 e. The van der Waals surface area contributed by atoms with E-state index < -0.39 is 0 Å². The Morgan fingerprint density at radius 3 is 2.05 bits per heavy atom. The minimum absolute atomic E-state index is 0.131.